The van der Waals surface area contributed by atoms with E-state index < -0.39 is 35.2 Å². The average molecular weight is 439 g/mol. The Morgan fingerprint density at radius 1 is 1.50 bits per heavy atom. The fraction of sp³-hybridized carbons (Fsp3) is 0.375. The van der Waals surface area contributed by atoms with Crippen LogP contribution in [0.15, 0.2) is 27.0 Å². The molecular formula is C16H17N5O8S. The first-order valence-corrected chi connectivity index (χ1v) is 9.47. The number of hydrogen-bond donors (Lipinski definition) is 3. The van der Waals surface area contributed by atoms with E-state index in [4.69, 9.17) is 15.0 Å². The maximum atomic E-state index is 12.6. The molecule has 3 rings (SSSR count). The Bertz CT molecular complexity index is 971. The van der Waals surface area contributed by atoms with E-state index in [-0.39, 0.29) is 40.9 Å². The van der Waals surface area contributed by atoms with Crippen molar-refractivity contribution in [2.75, 3.05) is 25.2 Å². The van der Waals surface area contributed by atoms with Crippen molar-refractivity contribution in [2.45, 2.75) is 18.3 Å². The van der Waals surface area contributed by atoms with E-state index in [1.54, 1.807) is 0 Å². The number of ether oxygens (including phenoxy) is 1. The molecule has 2 amide bonds. The number of carboxylic acids is 1. The number of carboxylic acid groups (broad SMARTS) is 1. The first kappa shape index (κ1) is 21.2. The molecule has 0 spiro atoms. The van der Waals surface area contributed by atoms with Crippen LogP contribution in [0.2, 0.25) is 0 Å². The Hall–Kier alpha value is -3.55. The van der Waals surface area contributed by atoms with Crippen molar-refractivity contribution in [3.63, 3.8) is 0 Å². The summed E-state index contributed by atoms with van der Waals surface area (Å²) in [4.78, 5) is 53.6. The van der Waals surface area contributed by atoms with Crippen molar-refractivity contribution in [3.05, 3.63) is 23.1 Å². The number of β-lactam (4-membered cyclic amide) rings is 1. The minimum atomic E-state index is -1.33. The van der Waals surface area contributed by atoms with Crippen LogP contribution in [0, 0.1) is 0 Å². The molecule has 1 aromatic rings. The summed E-state index contributed by atoms with van der Waals surface area (Å²) < 4.78 is 9.77. The molecule has 30 heavy (non-hydrogen) atoms. The van der Waals surface area contributed by atoms with Gasteiger partial charge in [0.1, 0.15) is 30.8 Å². The highest BCUT2D eigenvalue weighted by molar-refractivity contribution is 8.00. The number of nitrogens with one attached hydrogen (secondary N) is 1. The Morgan fingerprint density at radius 3 is 2.80 bits per heavy atom. The fourth-order valence-electron chi connectivity index (χ4n) is 2.88. The predicted molar refractivity (Wildman–Crippen MR) is 101 cm³/mol. The maximum Gasteiger partial charge on any atom is 0.352 e. The first-order chi connectivity index (χ1) is 14.2. The molecule has 1 unspecified atom stereocenters. The summed E-state index contributed by atoms with van der Waals surface area (Å²) in [6.45, 7) is 0.955. The number of oxime groups is 1. The Balaban J connectivity index is 1.77. The number of amides is 2. The van der Waals surface area contributed by atoms with Crippen molar-refractivity contribution in [1.29, 1.82) is 0 Å². The molecule has 1 saturated heterocycles. The van der Waals surface area contributed by atoms with Gasteiger partial charge in [0, 0.05) is 24.3 Å². The Morgan fingerprint density at radius 2 is 2.23 bits per heavy atom. The number of nitrogens with two attached hydrogens (primary N) is 1. The van der Waals surface area contributed by atoms with Gasteiger partial charge >= 0.3 is 11.9 Å². The number of carbonyl (C=O) groups is 4. The van der Waals surface area contributed by atoms with Gasteiger partial charge in [0.2, 0.25) is 5.71 Å². The van der Waals surface area contributed by atoms with E-state index in [1.165, 1.54) is 31.9 Å². The van der Waals surface area contributed by atoms with Crippen molar-refractivity contribution in [1.82, 2.24) is 15.4 Å². The largest absolute Gasteiger partial charge is 0.477 e. The Kier molecular flexibility index (Phi) is 5.96. The molecule has 14 heteroatoms. The van der Waals surface area contributed by atoms with Crippen LogP contribution in [0.1, 0.15) is 12.7 Å². The summed E-state index contributed by atoms with van der Waals surface area (Å²) >= 11 is 1.22. The molecule has 2 aliphatic heterocycles. The van der Waals surface area contributed by atoms with Crippen LogP contribution in [0.5, 0.6) is 0 Å². The minimum Gasteiger partial charge on any atom is -0.477 e. The van der Waals surface area contributed by atoms with Gasteiger partial charge < -0.3 is 30.3 Å². The van der Waals surface area contributed by atoms with E-state index >= 15 is 0 Å². The summed E-state index contributed by atoms with van der Waals surface area (Å²) in [5.74, 6) is -3.18. The molecule has 0 bridgehead atoms. The lowest BCUT2D eigenvalue weighted by atomic mass is 10.0. The molecule has 0 aliphatic carbocycles. The van der Waals surface area contributed by atoms with Gasteiger partial charge in [-0.05, 0) is 0 Å². The molecule has 3 heterocycles. The van der Waals surface area contributed by atoms with Gasteiger partial charge in [-0.1, -0.05) is 10.3 Å². The summed E-state index contributed by atoms with van der Waals surface area (Å²) in [6.07, 6.45) is 0. The number of nitrogens with zero attached hydrogens (tertiary/aromatic N) is 3. The van der Waals surface area contributed by atoms with Crippen molar-refractivity contribution >= 4 is 47.0 Å². The highest BCUT2D eigenvalue weighted by Crippen LogP contribution is 2.40. The SMILES string of the molecule is CO/N=C(\C(=O)NC1C(=O)N2C(C(=O)O)=C(COC(C)=O)CS[C@H]12)c1cc(N)no1. The second kappa shape index (κ2) is 8.44. The number of hydrogen-bond acceptors (Lipinski definition) is 11. The second-order valence-electron chi connectivity index (χ2n) is 6.14. The van der Waals surface area contributed by atoms with Gasteiger partial charge in [-0.15, -0.1) is 11.8 Å². The number of thioether (sulfide) groups is 1. The number of nitrogen functional groups attached to an aromatic ring is 1. The smallest absolute Gasteiger partial charge is 0.352 e. The highest BCUT2D eigenvalue weighted by Gasteiger charge is 2.54. The molecule has 1 fully saturated rings. The number of anilines is 1. The predicted octanol–water partition coefficient (Wildman–Crippen LogP) is -1.09. The van der Waals surface area contributed by atoms with E-state index in [1.807, 2.05) is 0 Å². The summed E-state index contributed by atoms with van der Waals surface area (Å²) in [7, 11) is 1.22. The van der Waals surface area contributed by atoms with Crippen LogP contribution >= 0.6 is 11.8 Å². The minimum absolute atomic E-state index is 0.0203. The third-order valence-corrected chi connectivity index (χ3v) is 5.49. The van der Waals surface area contributed by atoms with Gasteiger partial charge in [0.15, 0.2) is 11.6 Å². The van der Waals surface area contributed by atoms with Crippen molar-refractivity contribution in [3.8, 4) is 0 Å². The zero-order valence-electron chi connectivity index (χ0n) is 15.8. The van der Waals surface area contributed by atoms with Gasteiger partial charge in [-0.25, -0.2) is 4.79 Å². The standard InChI is InChI=1S/C16H17N5O8S/c1-6(22)28-4-7-5-30-15-11(14(24)21(15)12(7)16(25)26)18-13(23)10(20-27-2)8-3-9(17)19-29-8/h3,11,15H,4-5H2,1-2H3,(H2,17,19)(H,18,23)(H,25,26)/b20-10-/t11?,15-/m1/s1. The van der Waals surface area contributed by atoms with Crippen LogP contribution in [-0.4, -0.2) is 75.5 Å². The zero-order valence-corrected chi connectivity index (χ0v) is 16.6. The first-order valence-electron chi connectivity index (χ1n) is 8.42. The number of aliphatic carboxylic acids is 1. The maximum absolute atomic E-state index is 12.6. The van der Waals surface area contributed by atoms with E-state index in [9.17, 15) is 24.3 Å². The summed E-state index contributed by atoms with van der Waals surface area (Å²) in [5.41, 5.74) is 5.21. The Labute approximate surface area is 173 Å². The molecule has 160 valence electrons. The topological polar surface area (TPSA) is 187 Å². The van der Waals surface area contributed by atoms with E-state index in [0.29, 0.717) is 0 Å². The van der Waals surface area contributed by atoms with Crippen LogP contribution < -0.4 is 11.1 Å². The van der Waals surface area contributed by atoms with E-state index in [2.05, 4.69) is 20.5 Å². The lowest BCUT2D eigenvalue weighted by molar-refractivity contribution is -0.150. The molecule has 0 saturated carbocycles. The van der Waals surface area contributed by atoms with Gasteiger partial charge in [0.05, 0.1) is 0 Å². The number of aromatic nitrogens is 1. The van der Waals surface area contributed by atoms with Crippen LogP contribution in [-0.2, 0) is 28.8 Å². The second-order valence-corrected chi connectivity index (χ2v) is 7.24. The highest BCUT2D eigenvalue weighted by atomic mass is 32.2. The van der Waals surface area contributed by atoms with Crippen LogP contribution in [0.25, 0.3) is 0 Å². The van der Waals surface area contributed by atoms with Gasteiger partial charge in [0.25, 0.3) is 11.8 Å². The number of fused-ring (bicyclic) bond motifs is 1. The van der Waals surface area contributed by atoms with Crippen molar-refractivity contribution in [2.24, 2.45) is 5.16 Å². The molecular weight excluding hydrogens is 422 g/mol. The third kappa shape index (κ3) is 3.94. The molecule has 2 atom stereocenters. The lowest BCUT2D eigenvalue weighted by Crippen LogP contribution is -2.71. The van der Waals surface area contributed by atoms with Crippen LogP contribution in [0.4, 0.5) is 5.82 Å². The molecule has 4 N–H and O–H groups in total. The molecule has 0 radical (unpaired) electrons. The molecule has 13 nitrogen and oxygen atoms in total. The van der Waals surface area contributed by atoms with Crippen LogP contribution in [0.3, 0.4) is 0 Å². The molecule has 1 aromatic heterocycles. The number of carbonyl (C=O) groups excluding carboxylic acids is 3. The lowest BCUT2D eigenvalue weighted by Gasteiger charge is -2.49. The van der Waals surface area contributed by atoms with Gasteiger partial charge in [-0.2, -0.15) is 0 Å². The average Bonchev–Trinajstić information content (AvgIpc) is 3.13. The molecule has 0 aromatic carbocycles. The van der Waals surface area contributed by atoms with Gasteiger partial charge in [-0.3, -0.25) is 19.3 Å². The quantitative estimate of drug-likeness (QED) is 0.203. The fourth-order valence-corrected chi connectivity index (χ4v) is 4.21. The summed E-state index contributed by atoms with van der Waals surface area (Å²) in [5, 5.41) is 18.4. The third-order valence-electron chi connectivity index (χ3n) is 4.15. The van der Waals surface area contributed by atoms with Crippen molar-refractivity contribution < 1.29 is 38.4 Å². The summed E-state index contributed by atoms with van der Waals surface area (Å²) in [6, 6.07) is 0.253. The number of esters is 1. The normalized spacial score (nSPS) is 20.9. The number of rotatable bonds is 7. The van der Waals surface area contributed by atoms with E-state index in [0.717, 1.165) is 4.90 Å². The zero-order chi connectivity index (χ0) is 22.0. The monoisotopic (exact) mass is 439 g/mol. The molecule has 2 aliphatic rings.